The molecule has 0 saturated carbocycles. The molecule has 4 heteroatoms. The molecule has 1 aliphatic rings. The number of carboxylic acids is 1. The van der Waals surface area contributed by atoms with Crippen LogP contribution in [-0.4, -0.2) is 23.4 Å². The Bertz CT molecular complexity index is 417. The average molecular weight is 238 g/mol. The van der Waals surface area contributed by atoms with Gasteiger partial charge in [-0.15, -0.1) is 11.8 Å². The SMILES string of the molecule is COc1cccc2c1SC(C)C2CC(=O)O. The van der Waals surface area contributed by atoms with Gasteiger partial charge in [-0.1, -0.05) is 19.1 Å². The van der Waals surface area contributed by atoms with Crippen molar-refractivity contribution < 1.29 is 14.6 Å². The van der Waals surface area contributed by atoms with E-state index in [4.69, 9.17) is 9.84 Å². The predicted molar refractivity (Wildman–Crippen MR) is 63.3 cm³/mol. The van der Waals surface area contributed by atoms with Crippen molar-refractivity contribution in [2.75, 3.05) is 7.11 Å². The van der Waals surface area contributed by atoms with Crippen LogP contribution in [0.5, 0.6) is 5.75 Å². The van der Waals surface area contributed by atoms with E-state index < -0.39 is 5.97 Å². The van der Waals surface area contributed by atoms with Crippen molar-refractivity contribution in [3.05, 3.63) is 23.8 Å². The molecule has 1 heterocycles. The Morgan fingerprint density at radius 3 is 2.94 bits per heavy atom. The van der Waals surface area contributed by atoms with Crippen LogP contribution in [-0.2, 0) is 4.79 Å². The smallest absolute Gasteiger partial charge is 0.304 e. The summed E-state index contributed by atoms with van der Waals surface area (Å²) < 4.78 is 5.29. The van der Waals surface area contributed by atoms with Gasteiger partial charge in [-0.05, 0) is 11.6 Å². The first-order valence-electron chi connectivity index (χ1n) is 5.19. The molecule has 2 rings (SSSR count). The molecule has 0 spiro atoms. The van der Waals surface area contributed by atoms with Crippen molar-refractivity contribution in [3.8, 4) is 5.75 Å². The van der Waals surface area contributed by atoms with Crippen molar-refractivity contribution in [3.63, 3.8) is 0 Å². The number of benzene rings is 1. The molecular formula is C12H14O3S. The van der Waals surface area contributed by atoms with E-state index in [1.807, 2.05) is 18.2 Å². The maximum Gasteiger partial charge on any atom is 0.304 e. The topological polar surface area (TPSA) is 46.5 Å². The summed E-state index contributed by atoms with van der Waals surface area (Å²) in [6.07, 6.45) is 0.189. The highest BCUT2D eigenvalue weighted by molar-refractivity contribution is 8.00. The van der Waals surface area contributed by atoms with Crippen molar-refractivity contribution in [1.29, 1.82) is 0 Å². The standard InChI is InChI=1S/C12H14O3S/c1-7-9(6-11(13)14)8-4-3-5-10(15-2)12(8)16-7/h3-5,7,9H,6H2,1-2H3,(H,13,14). The third-order valence-corrected chi connectivity index (χ3v) is 4.27. The summed E-state index contributed by atoms with van der Waals surface area (Å²) in [5.74, 6) is 0.197. The fraction of sp³-hybridized carbons (Fsp3) is 0.417. The molecule has 2 unspecified atom stereocenters. The van der Waals surface area contributed by atoms with Gasteiger partial charge in [0.15, 0.2) is 0 Å². The van der Waals surface area contributed by atoms with Crippen LogP contribution in [0.25, 0.3) is 0 Å². The number of hydrogen-bond acceptors (Lipinski definition) is 3. The minimum absolute atomic E-state index is 0.0904. The Hall–Kier alpha value is -1.16. The van der Waals surface area contributed by atoms with E-state index in [9.17, 15) is 4.79 Å². The summed E-state index contributed by atoms with van der Waals surface area (Å²) in [6, 6.07) is 5.84. The van der Waals surface area contributed by atoms with E-state index in [1.165, 1.54) is 0 Å². The first-order chi connectivity index (χ1) is 7.63. The highest BCUT2D eigenvalue weighted by atomic mass is 32.2. The van der Waals surface area contributed by atoms with Gasteiger partial charge in [-0.2, -0.15) is 0 Å². The van der Waals surface area contributed by atoms with Gasteiger partial charge < -0.3 is 9.84 Å². The molecule has 1 aliphatic heterocycles. The molecule has 0 fully saturated rings. The Morgan fingerprint density at radius 2 is 2.31 bits per heavy atom. The molecule has 86 valence electrons. The summed E-state index contributed by atoms with van der Waals surface area (Å²) in [7, 11) is 1.64. The molecule has 1 N–H and O–H groups in total. The number of carboxylic acid groups (broad SMARTS) is 1. The lowest BCUT2D eigenvalue weighted by molar-refractivity contribution is -0.137. The zero-order chi connectivity index (χ0) is 11.7. The van der Waals surface area contributed by atoms with E-state index >= 15 is 0 Å². The second kappa shape index (κ2) is 4.37. The van der Waals surface area contributed by atoms with Crippen LogP contribution in [0, 0.1) is 0 Å². The molecule has 0 aliphatic carbocycles. The van der Waals surface area contributed by atoms with E-state index in [1.54, 1.807) is 18.9 Å². The van der Waals surface area contributed by atoms with E-state index in [-0.39, 0.29) is 12.3 Å². The van der Waals surface area contributed by atoms with Crippen molar-refractivity contribution >= 4 is 17.7 Å². The van der Waals surface area contributed by atoms with Gasteiger partial charge in [-0.3, -0.25) is 4.79 Å². The molecule has 3 nitrogen and oxygen atoms in total. The molecule has 0 amide bonds. The Labute approximate surface area is 98.8 Å². The number of ether oxygens (including phenoxy) is 1. The summed E-state index contributed by atoms with van der Waals surface area (Å²) in [5.41, 5.74) is 1.11. The van der Waals surface area contributed by atoms with E-state index in [0.717, 1.165) is 16.2 Å². The minimum atomic E-state index is -0.742. The summed E-state index contributed by atoms with van der Waals surface area (Å²) >= 11 is 1.70. The highest BCUT2D eigenvalue weighted by Gasteiger charge is 2.33. The first-order valence-corrected chi connectivity index (χ1v) is 6.06. The average Bonchev–Trinajstić information content (AvgIpc) is 2.55. The molecule has 1 aromatic rings. The van der Waals surface area contributed by atoms with Crippen molar-refractivity contribution in [2.45, 2.75) is 29.4 Å². The number of carbonyl (C=O) groups is 1. The summed E-state index contributed by atoms with van der Waals surface area (Å²) in [6.45, 7) is 2.07. The number of thioether (sulfide) groups is 1. The van der Waals surface area contributed by atoms with Gasteiger partial charge in [0.25, 0.3) is 0 Å². The third kappa shape index (κ3) is 1.89. The second-order valence-corrected chi connectivity index (χ2v) is 5.29. The molecule has 1 aromatic carbocycles. The lowest BCUT2D eigenvalue weighted by atomic mass is 9.93. The zero-order valence-electron chi connectivity index (χ0n) is 9.27. The monoisotopic (exact) mass is 238 g/mol. The van der Waals surface area contributed by atoms with Crippen LogP contribution in [0.3, 0.4) is 0 Å². The maximum absolute atomic E-state index is 10.8. The molecule has 0 aromatic heterocycles. The number of methoxy groups -OCH3 is 1. The first kappa shape index (κ1) is 11.3. The molecule has 2 atom stereocenters. The quantitative estimate of drug-likeness (QED) is 0.879. The zero-order valence-corrected chi connectivity index (χ0v) is 10.1. The van der Waals surface area contributed by atoms with Gasteiger partial charge in [-0.25, -0.2) is 0 Å². The second-order valence-electron chi connectivity index (χ2n) is 3.91. The number of hydrogen-bond donors (Lipinski definition) is 1. The van der Waals surface area contributed by atoms with Gasteiger partial charge >= 0.3 is 5.97 Å². The molecule has 0 bridgehead atoms. The van der Waals surface area contributed by atoms with Crippen LogP contribution in [0.15, 0.2) is 23.1 Å². The minimum Gasteiger partial charge on any atom is -0.496 e. The van der Waals surface area contributed by atoms with E-state index in [0.29, 0.717) is 5.25 Å². The molecule has 0 radical (unpaired) electrons. The van der Waals surface area contributed by atoms with Crippen LogP contribution in [0.1, 0.15) is 24.8 Å². The van der Waals surface area contributed by atoms with Crippen LogP contribution >= 0.6 is 11.8 Å². The lowest BCUT2D eigenvalue weighted by Gasteiger charge is -2.12. The largest absolute Gasteiger partial charge is 0.496 e. The van der Waals surface area contributed by atoms with Crippen LogP contribution in [0.4, 0.5) is 0 Å². The van der Waals surface area contributed by atoms with Gasteiger partial charge in [0.2, 0.25) is 0 Å². The Kier molecular flexibility index (Phi) is 3.10. The third-order valence-electron chi connectivity index (χ3n) is 2.89. The normalized spacial score (nSPS) is 22.9. The van der Waals surface area contributed by atoms with Gasteiger partial charge in [0, 0.05) is 11.2 Å². The Morgan fingerprint density at radius 1 is 1.56 bits per heavy atom. The van der Waals surface area contributed by atoms with Crippen molar-refractivity contribution in [1.82, 2.24) is 0 Å². The maximum atomic E-state index is 10.8. The number of aliphatic carboxylic acids is 1. The van der Waals surface area contributed by atoms with Gasteiger partial charge in [0.1, 0.15) is 5.75 Å². The molecule has 16 heavy (non-hydrogen) atoms. The summed E-state index contributed by atoms with van der Waals surface area (Å²) in [5, 5.41) is 9.20. The summed E-state index contributed by atoms with van der Waals surface area (Å²) in [4.78, 5) is 11.9. The number of fused-ring (bicyclic) bond motifs is 1. The number of rotatable bonds is 3. The molecular weight excluding hydrogens is 224 g/mol. The Balaban J connectivity index is 2.37. The lowest BCUT2D eigenvalue weighted by Crippen LogP contribution is -2.11. The van der Waals surface area contributed by atoms with Crippen LogP contribution < -0.4 is 4.74 Å². The predicted octanol–water partition coefficient (Wildman–Crippen LogP) is 2.75. The van der Waals surface area contributed by atoms with E-state index in [2.05, 4.69) is 6.92 Å². The van der Waals surface area contributed by atoms with Crippen LogP contribution in [0.2, 0.25) is 0 Å². The van der Waals surface area contributed by atoms with Gasteiger partial charge in [0.05, 0.1) is 18.4 Å². The van der Waals surface area contributed by atoms with Crippen molar-refractivity contribution in [2.24, 2.45) is 0 Å². The molecule has 0 saturated heterocycles. The fourth-order valence-electron chi connectivity index (χ4n) is 2.10. The fourth-order valence-corrected chi connectivity index (χ4v) is 3.50. The highest BCUT2D eigenvalue weighted by Crippen LogP contribution is 2.50.